The molecule has 35 heavy (non-hydrogen) atoms. The first kappa shape index (κ1) is 24.2. The SMILES string of the molecule is COc1ccc(C(=O)Cn2cnc3sc(C(=O)Nc4ccc(C)cc4C)c(C)c3c2=O)cc1OC. The highest BCUT2D eigenvalue weighted by Crippen LogP contribution is 2.29. The molecule has 0 spiro atoms. The minimum Gasteiger partial charge on any atom is -0.493 e. The number of amides is 1. The van der Waals surface area contributed by atoms with Gasteiger partial charge >= 0.3 is 0 Å². The van der Waals surface area contributed by atoms with Crippen LogP contribution in [0, 0.1) is 20.8 Å². The maximum Gasteiger partial charge on any atom is 0.266 e. The first-order chi connectivity index (χ1) is 16.7. The third-order valence-electron chi connectivity index (χ3n) is 5.77. The third kappa shape index (κ3) is 4.67. The van der Waals surface area contributed by atoms with E-state index in [1.807, 2.05) is 32.0 Å². The van der Waals surface area contributed by atoms with Crippen LogP contribution < -0.4 is 20.3 Å². The van der Waals surface area contributed by atoms with Crippen LogP contribution in [0.1, 0.15) is 36.7 Å². The van der Waals surface area contributed by atoms with Crippen LogP contribution in [0.5, 0.6) is 11.5 Å². The van der Waals surface area contributed by atoms with Gasteiger partial charge < -0.3 is 14.8 Å². The van der Waals surface area contributed by atoms with Crippen LogP contribution in [0.15, 0.2) is 47.5 Å². The molecule has 1 N–H and O–H groups in total. The third-order valence-corrected chi connectivity index (χ3v) is 6.97. The van der Waals surface area contributed by atoms with Crippen LogP contribution in [0.4, 0.5) is 5.69 Å². The number of benzene rings is 2. The topological polar surface area (TPSA) is 99.5 Å². The molecular formula is C26H25N3O5S. The summed E-state index contributed by atoms with van der Waals surface area (Å²) in [6.45, 7) is 5.44. The number of methoxy groups -OCH3 is 2. The number of anilines is 1. The number of fused-ring (bicyclic) bond motifs is 1. The van der Waals surface area contributed by atoms with Gasteiger partial charge in [-0.2, -0.15) is 0 Å². The molecule has 0 aliphatic heterocycles. The molecule has 0 atom stereocenters. The Bertz CT molecular complexity index is 1520. The minimum atomic E-state index is -0.372. The number of ether oxygens (including phenoxy) is 2. The summed E-state index contributed by atoms with van der Waals surface area (Å²) in [5.41, 5.74) is 3.31. The zero-order chi connectivity index (χ0) is 25.3. The van der Waals surface area contributed by atoms with Crippen molar-refractivity contribution in [3.05, 3.63) is 80.2 Å². The molecule has 0 bridgehead atoms. The number of hydrogen-bond acceptors (Lipinski definition) is 7. The van der Waals surface area contributed by atoms with E-state index in [9.17, 15) is 14.4 Å². The number of hydrogen-bond donors (Lipinski definition) is 1. The Morgan fingerprint density at radius 2 is 1.77 bits per heavy atom. The van der Waals surface area contributed by atoms with Gasteiger partial charge in [0, 0.05) is 11.3 Å². The van der Waals surface area contributed by atoms with Crippen molar-refractivity contribution < 1.29 is 19.1 Å². The number of nitrogens with one attached hydrogen (secondary N) is 1. The molecule has 0 radical (unpaired) electrons. The quantitative estimate of drug-likeness (QED) is 0.381. The molecule has 0 aliphatic carbocycles. The second-order valence-corrected chi connectivity index (χ2v) is 9.18. The highest BCUT2D eigenvalue weighted by Gasteiger charge is 2.21. The van der Waals surface area contributed by atoms with Crippen LogP contribution in [0.25, 0.3) is 10.2 Å². The zero-order valence-corrected chi connectivity index (χ0v) is 20.9. The molecule has 1 amide bonds. The molecular weight excluding hydrogens is 466 g/mol. The van der Waals surface area contributed by atoms with E-state index in [1.165, 1.54) is 25.1 Å². The van der Waals surface area contributed by atoms with Crippen LogP contribution in [0.2, 0.25) is 0 Å². The molecule has 2 heterocycles. The number of Topliss-reactive ketones (excluding diaryl/α,β-unsaturated/α-hetero) is 1. The number of nitrogens with zero attached hydrogens (tertiary/aromatic N) is 2. The van der Waals surface area contributed by atoms with E-state index in [0.29, 0.717) is 43.4 Å². The molecule has 2 aromatic heterocycles. The van der Waals surface area contributed by atoms with Gasteiger partial charge in [-0.3, -0.25) is 19.0 Å². The van der Waals surface area contributed by atoms with Crippen molar-refractivity contribution >= 4 is 38.9 Å². The van der Waals surface area contributed by atoms with E-state index in [-0.39, 0.29) is 23.8 Å². The predicted molar refractivity (Wildman–Crippen MR) is 136 cm³/mol. The molecule has 0 unspecified atom stereocenters. The normalized spacial score (nSPS) is 10.9. The fourth-order valence-corrected chi connectivity index (χ4v) is 4.91. The van der Waals surface area contributed by atoms with Crippen molar-refractivity contribution in [1.82, 2.24) is 9.55 Å². The molecule has 0 saturated heterocycles. The lowest BCUT2D eigenvalue weighted by molar-refractivity contribution is 0.0969. The number of ketones is 1. The number of carbonyl (C=O) groups excluding carboxylic acids is 2. The fourth-order valence-electron chi connectivity index (χ4n) is 3.88. The minimum absolute atomic E-state index is 0.198. The molecule has 8 nitrogen and oxygen atoms in total. The Labute approximate surface area is 206 Å². The summed E-state index contributed by atoms with van der Waals surface area (Å²) in [6, 6.07) is 10.6. The maximum absolute atomic E-state index is 13.2. The van der Waals surface area contributed by atoms with Gasteiger partial charge in [-0.1, -0.05) is 17.7 Å². The van der Waals surface area contributed by atoms with Crippen LogP contribution >= 0.6 is 11.3 Å². The van der Waals surface area contributed by atoms with Gasteiger partial charge in [0.05, 0.1) is 37.4 Å². The van der Waals surface area contributed by atoms with E-state index in [4.69, 9.17) is 9.47 Å². The van der Waals surface area contributed by atoms with E-state index < -0.39 is 0 Å². The summed E-state index contributed by atoms with van der Waals surface area (Å²) >= 11 is 1.16. The molecule has 2 aromatic carbocycles. The van der Waals surface area contributed by atoms with Crippen molar-refractivity contribution in [2.24, 2.45) is 0 Å². The van der Waals surface area contributed by atoms with Gasteiger partial charge in [0.1, 0.15) is 4.83 Å². The average Bonchev–Trinajstić information content (AvgIpc) is 3.19. The summed E-state index contributed by atoms with van der Waals surface area (Å²) in [7, 11) is 3.00. The van der Waals surface area contributed by atoms with E-state index in [1.54, 1.807) is 25.1 Å². The number of rotatable bonds is 7. The summed E-state index contributed by atoms with van der Waals surface area (Å²) in [6.07, 6.45) is 1.34. The fraction of sp³-hybridized carbons (Fsp3) is 0.231. The summed E-state index contributed by atoms with van der Waals surface area (Å²) in [4.78, 5) is 44.3. The smallest absolute Gasteiger partial charge is 0.266 e. The second kappa shape index (κ2) is 9.71. The van der Waals surface area contributed by atoms with Gasteiger partial charge in [0.25, 0.3) is 11.5 Å². The monoisotopic (exact) mass is 491 g/mol. The lowest BCUT2D eigenvalue weighted by Gasteiger charge is -2.10. The highest BCUT2D eigenvalue weighted by molar-refractivity contribution is 7.20. The van der Waals surface area contributed by atoms with Gasteiger partial charge in [-0.25, -0.2) is 4.98 Å². The Morgan fingerprint density at radius 3 is 2.46 bits per heavy atom. The number of aromatic nitrogens is 2. The lowest BCUT2D eigenvalue weighted by Crippen LogP contribution is -2.24. The van der Waals surface area contributed by atoms with Crippen molar-refractivity contribution in [3.63, 3.8) is 0 Å². The van der Waals surface area contributed by atoms with Gasteiger partial charge in [-0.05, 0) is 56.2 Å². The predicted octanol–water partition coefficient (Wildman–Crippen LogP) is 4.54. The van der Waals surface area contributed by atoms with Crippen molar-refractivity contribution in [2.75, 3.05) is 19.5 Å². The Hall–Kier alpha value is -3.98. The van der Waals surface area contributed by atoms with Crippen molar-refractivity contribution in [2.45, 2.75) is 27.3 Å². The first-order valence-electron chi connectivity index (χ1n) is 10.9. The van der Waals surface area contributed by atoms with Crippen molar-refractivity contribution in [1.29, 1.82) is 0 Å². The van der Waals surface area contributed by atoms with Crippen molar-refractivity contribution in [3.8, 4) is 11.5 Å². The summed E-state index contributed by atoms with van der Waals surface area (Å²) in [5, 5.41) is 3.26. The Kier molecular flexibility index (Phi) is 6.70. The van der Waals surface area contributed by atoms with Crippen LogP contribution in [-0.4, -0.2) is 35.5 Å². The molecule has 0 fully saturated rings. The number of thiophene rings is 1. The molecule has 0 aliphatic rings. The van der Waals surface area contributed by atoms with E-state index in [2.05, 4.69) is 10.3 Å². The van der Waals surface area contributed by atoms with Gasteiger partial charge in [-0.15, -0.1) is 11.3 Å². The largest absolute Gasteiger partial charge is 0.493 e. The van der Waals surface area contributed by atoms with Crippen LogP contribution in [-0.2, 0) is 6.54 Å². The zero-order valence-electron chi connectivity index (χ0n) is 20.1. The first-order valence-corrected chi connectivity index (χ1v) is 11.7. The molecule has 9 heteroatoms. The number of aryl methyl sites for hydroxylation is 3. The van der Waals surface area contributed by atoms with E-state index >= 15 is 0 Å². The lowest BCUT2D eigenvalue weighted by atomic mass is 10.1. The van der Waals surface area contributed by atoms with E-state index in [0.717, 1.165) is 22.5 Å². The number of carbonyl (C=O) groups is 2. The molecule has 4 rings (SSSR count). The second-order valence-electron chi connectivity index (χ2n) is 8.18. The molecule has 0 saturated carbocycles. The van der Waals surface area contributed by atoms with Gasteiger partial charge in [0.15, 0.2) is 17.3 Å². The summed E-state index contributed by atoms with van der Waals surface area (Å²) < 4.78 is 11.7. The van der Waals surface area contributed by atoms with Crippen LogP contribution in [0.3, 0.4) is 0 Å². The molecule has 4 aromatic rings. The highest BCUT2D eigenvalue weighted by atomic mass is 32.1. The average molecular weight is 492 g/mol. The standard InChI is InChI=1S/C26H25N3O5S/c1-14-6-8-18(15(2)10-14)28-24(31)23-16(3)22-25(35-23)27-13-29(26(22)32)12-19(30)17-7-9-20(33-4)21(11-17)34-5/h6-11,13H,12H2,1-5H3,(H,28,31). The molecule has 180 valence electrons. The van der Waals surface area contributed by atoms with Gasteiger partial charge in [0.2, 0.25) is 0 Å². The Morgan fingerprint density at radius 1 is 1.03 bits per heavy atom. The Balaban J connectivity index is 1.63. The summed E-state index contributed by atoms with van der Waals surface area (Å²) in [5.74, 6) is 0.344. The maximum atomic E-state index is 13.2.